The van der Waals surface area contributed by atoms with Gasteiger partial charge < -0.3 is 15.3 Å². The van der Waals surface area contributed by atoms with E-state index in [-0.39, 0.29) is 30.4 Å². The molecule has 1 fully saturated rings. The van der Waals surface area contributed by atoms with Crippen LogP contribution in [-0.2, 0) is 6.42 Å². The molecule has 10 heteroatoms. The van der Waals surface area contributed by atoms with Crippen molar-refractivity contribution in [3.63, 3.8) is 0 Å². The van der Waals surface area contributed by atoms with Gasteiger partial charge in [-0.05, 0) is 55.5 Å². The molecule has 1 aliphatic heterocycles. The minimum absolute atomic E-state index is 0.0119. The largest absolute Gasteiger partial charge is 0.394 e. The average Bonchev–Trinajstić information content (AvgIpc) is 3.42. The number of hydrogen-bond acceptors (Lipinski definition) is 5. The summed E-state index contributed by atoms with van der Waals surface area (Å²) in [6.45, 7) is 2.93. The van der Waals surface area contributed by atoms with Crippen molar-refractivity contribution in [1.82, 2.24) is 34.9 Å². The van der Waals surface area contributed by atoms with Gasteiger partial charge in [0.1, 0.15) is 0 Å². The molecule has 1 aromatic carbocycles. The Morgan fingerprint density at radius 3 is 2.94 bits per heavy atom. The van der Waals surface area contributed by atoms with Crippen molar-refractivity contribution in [3.8, 4) is 0 Å². The number of nitrogens with one attached hydrogen (secondary N) is 3. The number of urea groups is 1. The lowest BCUT2D eigenvalue weighted by Crippen LogP contribution is -2.50. The van der Waals surface area contributed by atoms with E-state index < -0.39 is 0 Å². The number of imidazole rings is 1. The van der Waals surface area contributed by atoms with E-state index in [1.54, 1.807) is 21.9 Å². The van der Waals surface area contributed by atoms with Crippen LogP contribution in [0.1, 0.15) is 30.0 Å². The number of aromatic amines is 2. The Morgan fingerprint density at radius 1 is 1.33 bits per heavy atom. The maximum Gasteiger partial charge on any atom is 0.327 e. The zero-order valence-corrected chi connectivity index (χ0v) is 18.4. The number of aromatic nitrogens is 5. The first-order chi connectivity index (χ1) is 16.0. The van der Waals surface area contributed by atoms with Gasteiger partial charge in [-0.1, -0.05) is 6.07 Å². The van der Waals surface area contributed by atoms with Crippen molar-refractivity contribution in [1.29, 1.82) is 0 Å². The maximum absolute atomic E-state index is 12.9. The highest BCUT2D eigenvalue weighted by Crippen LogP contribution is 2.24. The van der Waals surface area contributed by atoms with E-state index in [1.807, 2.05) is 25.1 Å². The Labute approximate surface area is 189 Å². The van der Waals surface area contributed by atoms with Crippen LogP contribution < -0.4 is 11.0 Å². The topological polar surface area (TPSA) is 132 Å². The molecule has 0 saturated carbocycles. The number of likely N-dealkylation sites (tertiary alicyclic amines) is 1. The predicted molar refractivity (Wildman–Crippen MR) is 124 cm³/mol. The van der Waals surface area contributed by atoms with Crippen LogP contribution in [0, 0.1) is 6.92 Å². The molecule has 1 aliphatic rings. The molecule has 5 rings (SSSR count). The van der Waals surface area contributed by atoms with Crippen molar-refractivity contribution in [2.75, 3.05) is 19.7 Å². The molecular formula is C23H27N7O3. The number of aryl methyl sites for hydroxylation is 1. The Kier molecular flexibility index (Phi) is 5.59. The number of carbonyl (C=O) groups is 1. The van der Waals surface area contributed by atoms with Gasteiger partial charge in [0, 0.05) is 30.7 Å². The minimum atomic E-state index is -0.388. The average molecular weight is 450 g/mol. The molecule has 4 heterocycles. The van der Waals surface area contributed by atoms with E-state index in [0.29, 0.717) is 38.0 Å². The zero-order valence-electron chi connectivity index (χ0n) is 18.4. The van der Waals surface area contributed by atoms with Crippen LogP contribution in [0.4, 0.5) is 4.79 Å². The molecule has 0 radical (unpaired) electrons. The second-order valence-electron chi connectivity index (χ2n) is 8.67. The lowest BCUT2D eigenvalue weighted by atomic mass is 10.0. The summed E-state index contributed by atoms with van der Waals surface area (Å²) < 4.78 is 1.75. The summed E-state index contributed by atoms with van der Waals surface area (Å²) in [5.41, 5.74) is 4.31. The summed E-state index contributed by atoms with van der Waals surface area (Å²) in [7, 11) is 0. The second-order valence-corrected chi connectivity index (χ2v) is 8.67. The standard InChI is InChI=1S/C23H27N7O3/c1-14-9-15(10-16-12-25-28-20(14)16)11-17(13-31)26-22(32)29-7-4-18(5-8-29)30-19-3-2-6-24-21(19)27-23(30)33/h2-3,6,9-10,12,17-18,31H,4-5,7-8,11,13H2,1H3,(H,25,28)(H,26,32)(H,24,27,33)/t17-/m1/s1. The Balaban J connectivity index is 1.22. The molecule has 2 amide bonds. The van der Waals surface area contributed by atoms with Crippen molar-refractivity contribution < 1.29 is 9.90 Å². The molecule has 0 bridgehead atoms. The van der Waals surface area contributed by atoms with Crippen LogP contribution in [0.15, 0.2) is 41.5 Å². The molecule has 33 heavy (non-hydrogen) atoms. The molecule has 1 saturated heterocycles. The second kappa shape index (κ2) is 8.70. The minimum Gasteiger partial charge on any atom is -0.394 e. The van der Waals surface area contributed by atoms with Gasteiger partial charge in [-0.25, -0.2) is 14.6 Å². The van der Waals surface area contributed by atoms with Crippen molar-refractivity contribution in [2.45, 2.75) is 38.3 Å². The summed E-state index contributed by atoms with van der Waals surface area (Å²) in [6, 6.07) is 7.21. The summed E-state index contributed by atoms with van der Waals surface area (Å²) in [5.74, 6) is 0. The van der Waals surface area contributed by atoms with Crippen LogP contribution >= 0.6 is 0 Å². The molecule has 0 spiro atoms. The van der Waals surface area contributed by atoms with Gasteiger partial charge in [-0.2, -0.15) is 5.10 Å². The highest BCUT2D eigenvalue weighted by molar-refractivity contribution is 5.82. The number of carbonyl (C=O) groups excluding carboxylic acids is 1. The molecule has 0 unspecified atom stereocenters. The van der Waals surface area contributed by atoms with Crippen LogP contribution in [0.25, 0.3) is 22.1 Å². The number of aliphatic hydroxyl groups is 1. The van der Waals surface area contributed by atoms with Gasteiger partial charge in [-0.15, -0.1) is 0 Å². The Hall–Kier alpha value is -3.66. The molecule has 4 aromatic rings. The number of benzene rings is 1. The predicted octanol–water partition coefficient (Wildman–Crippen LogP) is 1.86. The third-order valence-electron chi connectivity index (χ3n) is 6.44. The van der Waals surface area contributed by atoms with Crippen LogP contribution in [0.5, 0.6) is 0 Å². The summed E-state index contributed by atoms with van der Waals surface area (Å²) in [5, 5.41) is 20.9. The molecule has 10 nitrogen and oxygen atoms in total. The van der Waals surface area contributed by atoms with Crippen molar-refractivity contribution >= 4 is 28.1 Å². The van der Waals surface area contributed by atoms with Gasteiger partial charge in [-0.3, -0.25) is 14.6 Å². The van der Waals surface area contributed by atoms with Gasteiger partial charge in [0.25, 0.3) is 0 Å². The van der Waals surface area contributed by atoms with E-state index in [9.17, 15) is 14.7 Å². The number of rotatable bonds is 5. The number of pyridine rings is 1. The Bertz CT molecular complexity index is 1350. The molecule has 4 N–H and O–H groups in total. The monoisotopic (exact) mass is 449 g/mol. The van der Waals surface area contributed by atoms with Crippen LogP contribution in [0.2, 0.25) is 0 Å². The molecular weight excluding hydrogens is 422 g/mol. The summed E-state index contributed by atoms with van der Waals surface area (Å²) in [6.07, 6.45) is 5.31. The number of piperidine rings is 1. The molecule has 172 valence electrons. The molecule has 0 aliphatic carbocycles. The number of amides is 2. The van der Waals surface area contributed by atoms with Gasteiger partial charge in [0.15, 0.2) is 5.65 Å². The summed E-state index contributed by atoms with van der Waals surface area (Å²) in [4.78, 5) is 34.1. The number of hydrogen-bond donors (Lipinski definition) is 4. The molecule has 3 aromatic heterocycles. The normalized spacial score (nSPS) is 15.9. The first kappa shape index (κ1) is 21.2. The SMILES string of the molecule is Cc1cc(C[C@H](CO)NC(=O)N2CCC(n3c(=O)[nH]c4ncccc43)CC2)cc2cn[nH]c12. The lowest BCUT2D eigenvalue weighted by Gasteiger charge is -2.33. The van der Waals surface area contributed by atoms with Gasteiger partial charge in [0.05, 0.1) is 29.9 Å². The van der Waals surface area contributed by atoms with Gasteiger partial charge >= 0.3 is 11.7 Å². The fourth-order valence-electron chi connectivity index (χ4n) is 4.79. The summed E-state index contributed by atoms with van der Waals surface area (Å²) >= 11 is 0. The third-order valence-corrected chi connectivity index (χ3v) is 6.44. The zero-order chi connectivity index (χ0) is 22.9. The molecule has 1 atom stereocenters. The smallest absolute Gasteiger partial charge is 0.327 e. The van der Waals surface area contributed by atoms with Crippen LogP contribution in [0.3, 0.4) is 0 Å². The van der Waals surface area contributed by atoms with E-state index in [4.69, 9.17) is 0 Å². The van der Waals surface area contributed by atoms with Crippen molar-refractivity contribution in [2.24, 2.45) is 0 Å². The Morgan fingerprint density at radius 2 is 2.15 bits per heavy atom. The fourth-order valence-corrected chi connectivity index (χ4v) is 4.79. The number of fused-ring (bicyclic) bond motifs is 2. The van der Waals surface area contributed by atoms with E-state index in [0.717, 1.165) is 27.5 Å². The van der Waals surface area contributed by atoms with E-state index in [1.165, 1.54) is 0 Å². The highest BCUT2D eigenvalue weighted by Gasteiger charge is 2.27. The number of H-pyrrole nitrogens is 2. The van der Waals surface area contributed by atoms with E-state index >= 15 is 0 Å². The quantitative estimate of drug-likeness (QED) is 0.369. The lowest BCUT2D eigenvalue weighted by molar-refractivity contribution is 0.160. The number of aliphatic hydroxyl groups excluding tert-OH is 1. The first-order valence-electron chi connectivity index (χ1n) is 11.2. The van der Waals surface area contributed by atoms with Gasteiger partial charge in [0.2, 0.25) is 0 Å². The first-order valence-corrected chi connectivity index (χ1v) is 11.2. The third kappa shape index (κ3) is 4.09. The highest BCUT2D eigenvalue weighted by atomic mass is 16.3. The van der Waals surface area contributed by atoms with Crippen LogP contribution in [-0.4, -0.2) is 66.5 Å². The van der Waals surface area contributed by atoms with Crippen molar-refractivity contribution in [3.05, 3.63) is 58.3 Å². The fraction of sp³-hybridized carbons (Fsp3) is 0.391. The van der Waals surface area contributed by atoms with E-state index in [2.05, 4.69) is 31.5 Å². The maximum atomic E-state index is 12.9. The number of nitrogens with zero attached hydrogens (tertiary/aromatic N) is 4.